The standard InChI is InChI=1S/C13H11Cl2NOS/c1-8(9-3-2-4-10(14)7-9)16-13(17)11-5-6-12(15)18-11/h2-8H,1H3,(H,16,17)/t8-/m0/s1. The number of nitrogens with one attached hydrogen (secondary N) is 1. The molecule has 1 aromatic heterocycles. The van der Waals surface area contributed by atoms with E-state index in [1.165, 1.54) is 11.3 Å². The predicted molar refractivity (Wildman–Crippen MR) is 76.7 cm³/mol. The smallest absolute Gasteiger partial charge is 0.261 e. The molecule has 0 aliphatic heterocycles. The quantitative estimate of drug-likeness (QED) is 0.885. The Bertz CT molecular complexity index is 568. The van der Waals surface area contributed by atoms with Gasteiger partial charge < -0.3 is 5.32 Å². The monoisotopic (exact) mass is 299 g/mol. The summed E-state index contributed by atoms with van der Waals surface area (Å²) in [6, 6.07) is 10.8. The molecule has 2 rings (SSSR count). The van der Waals surface area contributed by atoms with Crippen LogP contribution in [0.1, 0.15) is 28.2 Å². The highest BCUT2D eigenvalue weighted by Crippen LogP contribution is 2.23. The molecule has 0 fully saturated rings. The second kappa shape index (κ2) is 5.74. The van der Waals surface area contributed by atoms with E-state index >= 15 is 0 Å². The van der Waals surface area contributed by atoms with E-state index in [0.29, 0.717) is 14.2 Å². The molecule has 94 valence electrons. The number of halogens is 2. The molecule has 0 spiro atoms. The molecule has 1 heterocycles. The number of carbonyl (C=O) groups is 1. The molecule has 0 saturated carbocycles. The first-order valence-corrected chi connectivity index (χ1v) is 6.95. The molecule has 0 unspecified atom stereocenters. The van der Waals surface area contributed by atoms with Gasteiger partial charge in [-0.05, 0) is 36.8 Å². The Kier molecular flexibility index (Phi) is 4.27. The molecule has 0 radical (unpaired) electrons. The Morgan fingerprint density at radius 1 is 1.28 bits per heavy atom. The van der Waals surface area contributed by atoms with Crippen molar-refractivity contribution < 1.29 is 4.79 Å². The maximum absolute atomic E-state index is 11.9. The lowest BCUT2D eigenvalue weighted by atomic mass is 10.1. The van der Waals surface area contributed by atoms with E-state index in [0.717, 1.165) is 5.56 Å². The summed E-state index contributed by atoms with van der Waals surface area (Å²) in [6.45, 7) is 1.92. The first kappa shape index (κ1) is 13.4. The van der Waals surface area contributed by atoms with Crippen molar-refractivity contribution in [2.75, 3.05) is 0 Å². The van der Waals surface area contributed by atoms with Crippen LogP contribution in [0.3, 0.4) is 0 Å². The molecule has 18 heavy (non-hydrogen) atoms. The molecule has 0 saturated heterocycles. The molecule has 0 bridgehead atoms. The number of amides is 1. The van der Waals surface area contributed by atoms with Crippen LogP contribution in [-0.2, 0) is 0 Å². The highest BCUT2D eigenvalue weighted by atomic mass is 35.5. The zero-order valence-corrected chi connectivity index (χ0v) is 11.9. The summed E-state index contributed by atoms with van der Waals surface area (Å²) in [5, 5.41) is 3.57. The summed E-state index contributed by atoms with van der Waals surface area (Å²) < 4.78 is 0.607. The van der Waals surface area contributed by atoms with Crippen LogP contribution in [0.5, 0.6) is 0 Å². The average Bonchev–Trinajstić information content (AvgIpc) is 2.76. The first-order chi connectivity index (χ1) is 8.56. The number of rotatable bonds is 3. The summed E-state index contributed by atoms with van der Waals surface area (Å²) in [5.41, 5.74) is 0.971. The Morgan fingerprint density at radius 3 is 2.67 bits per heavy atom. The van der Waals surface area contributed by atoms with Gasteiger partial charge in [-0.3, -0.25) is 4.79 Å². The van der Waals surface area contributed by atoms with Crippen LogP contribution in [0, 0.1) is 0 Å². The minimum absolute atomic E-state index is 0.0999. The van der Waals surface area contributed by atoms with Crippen molar-refractivity contribution in [3.63, 3.8) is 0 Å². The second-order valence-electron chi connectivity index (χ2n) is 3.85. The van der Waals surface area contributed by atoms with Gasteiger partial charge in [0.1, 0.15) is 0 Å². The molecule has 1 atom stereocenters. The maximum Gasteiger partial charge on any atom is 0.261 e. The minimum atomic E-state index is -0.126. The Labute approximate surface area is 120 Å². The van der Waals surface area contributed by atoms with E-state index in [4.69, 9.17) is 23.2 Å². The van der Waals surface area contributed by atoms with Gasteiger partial charge in [-0.2, -0.15) is 0 Å². The van der Waals surface area contributed by atoms with Gasteiger partial charge in [0.05, 0.1) is 15.3 Å². The van der Waals surface area contributed by atoms with E-state index in [-0.39, 0.29) is 11.9 Å². The van der Waals surface area contributed by atoms with Crippen molar-refractivity contribution in [3.05, 3.63) is 56.2 Å². The Hall–Kier alpha value is -1.03. The largest absolute Gasteiger partial charge is 0.345 e. The molecule has 5 heteroatoms. The zero-order valence-electron chi connectivity index (χ0n) is 9.61. The van der Waals surface area contributed by atoms with Crippen molar-refractivity contribution in [3.8, 4) is 0 Å². The molecule has 1 aromatic carbocycles. The minimum Gasteiger partial charge on any atom is -0.345 e. The third-order valence-corrected chi connectivity index (χ3v) is 3.96. The molecular formula is C13H11Cl2NOS. The van der Waals surface area contributed by atoms with Crippen LogP contribution >= 0.6 is 34.5 Å². The highest BCUT2D eigenvalue weighted by molar-refractivity contribution is 7.17. The van der Waals surface area contributed by atoms with Gasteiger partial charge in [0.25, 0.3) is 5.91 Å². The number of benzene rings is 1. The lowest BCUT2D eigenvalue weighted by Crippen LogP contribution is -2.25. The van der Waals surface area contributed by atoms with Crippen LogP contribution in [0.15, 0.2) is 36.4 Å². The van der Waals surface area contributed by atoms with Crippen molar-refractivity contribution in [1.82, 2.24) is 5.32 Å². The van der Waals surface area contributed by atoms with Gasteiger partial charge in [-0.1, -0.05) is 35.3 Å². The number of hydrogen-bond donors (Lipinski definition) is 1. The van der Waals surface area contributed by atoms with Gasteiger partial charge in [-0.15, -0.1) is 11.3 Å². The summed E-state index contributed by atoms with van der Waals surface area (Å²) in [4.78, 5) is 12.5. The first-order valence-electron chi connectivity index (χ1n) is 5.38. The number of thiophene rings is 1. The van der Waals surface area contributed by atoms with Gasteiger partial charge in [-0.25, -0.2) is 0 Å². The topological polar surface area (TPSA) is 29.1 Å². The average molecular weight is 300 g/mol. The summed E-state index contributed by atoms with van der Waals surface area (Å²) in [7, 11) is 0. The lowest BCUT2D eigenvalue weighted by molar-refractivity contribution is 0.0944. The maximum atomic E-state index is 11.9. The third-order valence-electron chi connectivity index (χ3n) is 2.49. The summed E-state index contributed by atoms with van der Waals surface area (Å²) in [5.74, 6) is -0.126. The van der Waals surface area contributed by atoms with Crippen molar-refractivity contribution in [2.45, 2.75) is 13.0 Å². The molecule has 0 aliphatic carbocycles. The fourth-order valence-electron chi connectivity index (χ4n) is 1.56. The van der Waals surface area contributed by atoms with Gasteiger partial charge in [0.15, 0.2) is 0 Å². The van der Waals surface area contributed by atoms with Crippen molar-refractivity contribution in [1.29, 1.82) is 0 Å². The van der Waals surface area contributed by atoms with Crippen molar-refractivity contribution in [2.24, 2.45) is 0 Å². The Balaban J connectivity index is 2.07. The Morgan fingerprint density at radius 2 is 2.06 bits per heavy atom. The zero-order chi connectivity index (χ0) is 13.1. The molecule has 2 aromatic rings. The van der Waals surface area contributed by atoms with E-state index in [2.05, 4.69) is 5.32 Å². The second-order valence-corrected chi connectivity index (χ2v) is 6.01. The van der Waals surface area contributed by atoms with E-state index < -0.39 is 0 Å². The van der Waals surface area contributed by atoms with Crippen LogP contribution in [-0.4, -0.2) is 5.91 Å². The summed E-state index contributed by atoms with van der Waals surface area (Å²) in [6.07, 6.45) is 0. The molecule has 2 nitrogen and oxygen atoms in total. The third kappa shape index (κ3) is 3.25. The van der Waals surface area contributed by atoms with Crippen LogP contribution in [0.4, 0.5) is 0 Å². The fraction of sp³-hybridized carbons (Fsp3) is 0.154. The number of carbonyl (C=O) groups excluding carboxylic acids is 1. The van der Waals surface area contributed by atoms with Gasteiger partial charge in [0, 0.05) is 5.02 Å². The van der Waals surface area contributed by atoms with Gasteiger partial charge >= 0.3 is 0 Å². The fourth-order valence-corrected chi connectivity index (χ4v) is 2.71. The van der Waals surface area contributed by atoms with Crippen LogP contribution in [0.2, 0.25) is 9.36 Å². The molecular weight excluding hydrogens is 289 g/mol. The van der Waals surface area contributed by atoms with E-state index in [1.54, 1.807) is 18.2 Å². The number of hydrogen-bond acceptors (Lipinski definition) is 2. The highest BCUT2D eigenvalue weighted by Gasteiger charge is 2.13. The van der Waals surface area contributed by atoms with Crippen LogP contribution in [0.25, 0.3) is 0 Å². The van der Waals surface area contributed by atoms with E-state index in [9.17, 15) is 4.79 Å². The van der Waals surface area contributed by atoms with Gasteiger partial charge in [0.2, 0.25) is 0 Å². The summed E-state index contributed by atoms with van der Waals surface area (Å²) >= 11 is 13.0. The van der Waals surface area contributed by atoms with E-state index in [1.807, 2.05) is 25.1 Å². The lowest BCUT2D eigenvalue weighted by Gasteiger charge is -2.13. The van der Waals surface area contributed by atoms with Crippen LogP contribution < -0.4 is 5.32 Å². The molecule has 1 amide bonds. The van der Waals surface area contributed by atoms with Crippen molar-refractivity contribution >= 4 is 40.4 Å². The molecule has 0 aliphatic rings. The molecule has 1 N–H and O–H groups in total. The normalized spacial score (nSPS) is 12.2. The predicted octanol–water partition coefficient (Wildman–Crippen LogP) is 4.55. The SMILES string of the molecule is C[C@H](NC(=O)c1ccc(Cl)s1)c1cccc(Cl)c1.